The largest absolute Gasteiger partial charge is 0.497 e. The third-order valence-corrected chi connectivity index (χ3v) is 2.99. The molecule has 1 aliphatic heterocycles. The summed E-state index contributed by atoms with van der Waals surface area (Å²) in [6.45, 7) is 1.000. The molecule has 2 N–H and O–H groups in total. The number of methoxy groups -OCH3 is 1. The molecule has 1 amide bonds. The van der Waals surface area contributed by atoms with E-state index in [9.17, 15) is 9.90 Å². The predicted octanol–water partition coefficient (Wildman–Crippen LogP) is 0.576. The van der Waals surface area contributed by atoms with Crippen LogP contribution < -0.4 is 10.1 Å². The van der Waals surface area contributed by atoms with Gasteiger partial charge in [0.2, 0.25) is 0 Å². The number of carbonyl (C=O) groups is 1. The van der Waals surface area contributed by atoms with Gasteiger partial charge >= 0.3 is 0 Å². The Balaban J connectivity index is 1.94. The van der Waals surface area contributed by atoms with E-state index < -0.39 is 5.60 Å². The quantitative estimate of drug-likeness (QED) is 0.821. The molecule has 1 aromatic rings. The first-order valence-corrected chi connectivity index (χ1v) is 5.85. The number of carbonyl (C=O) groups excluding carboxylic acids is 1. The van der Waals surface area contributed by atoms with Gasteiger partial charge in [-0.05, 0) is 18.2 Å². The molecule has 1 saturated heterocycles. The second-order valence-electron chi connectivity index (χ2n) is 4.44. The average Bonchev–Trinajstić information content (AvgIpc) is 2.83. The molecule has 18 heavy (non-hydrogen) atoms. The molecule has 5 heteroatoms. The van der Waals surface area contributed by atoms with Crippen LogP contribution in [-0.4, -0.2) is 43.5 Å². The zero-order valence-electron chi connectivity index (χ0n) is 10.3. The summed E-state index contributed by atoms with van der Waals surface area (Å²) in [7, 11) is 1.55. The number of rotatable bonds is 4. The lowest BCUT2D eigenvalue weighted by atomic mass is 10.0. The summed E-state index contributed by atoms with van der Waals surface area (Å²) < 4.78 is 10.2. The Morgan fingerprint density at radius 1 is 1.61 bits per heavy atom. The first kappa shape index (κ1) is 12.9. The highest BCUT2D eigenvalue weighted by Gasteiger charge is 2.32. The Hall–Kier alpha value is -1.59. The van der Waals surface area contributed by atoms with Gasteiger partial charge < -0.3 is 19.9 Å². The summed E-state index contributed by atoms with van der Waals surface area (Å²) in [5.41, 5.74) is -0.425. The Morgan fingerprint density at radius 3 is 3.11 bits per heavy atom. The van der Waals surface area contributed by atoms with Crippen LogP contribution in [0, 0.1) is 0 Å². The zero-order chi connectivity index (χ0) is 13.0. The van der Waals surface area contributed by atoms with E-state index >= 15 is 0 Å². The minimum atomic E-state index is -0.936. The molecule has 1 heterocycles. The molecule has 0 saturated carbocycles. The lowest BCUT2D eigenvalue weighted by molar-refractivity contribution is 0.0264. The molecular weight excluding hydrogens is 234 g/mol. The van der Waals surface area contributed by atoms with Gasteiger partial charge in [-0.25, -0.2) is 0 Å². The smallest absolute Gasteiger partial charge is 0.251 e. The van der Waals surface area contributed by atoms with Gasteiger partial charge in [-0.2, -0.15) is 0 Å². The molecular formula is C13H17NO4. The van der Waals surface area contributed by atoms with E-state index in [1.807, 2.05) is 0 Å². The van der Waals surface area contributed by atoms with Crippen LogP contribution in [0.15, 0.2) is 24.3 Å². The normalized spacial score (nSPS) is 22.8. The molecule has 1 aromatic carbocycles. The van der Waals surface area contributed by atoms with Crippen LogP contribution in [0.25, 0.3) is 0 Å². The van der Waals surface area contributed by atoms with Gasteiger partial charge in [-0.15, -0.1) is 0 Å². The van der Waals surface area contributed by atoms with Gasteiger partial charge in [0.1, 0.15) is 11.4 Å². The van der Waals surface area contributed by atoms with Crippen molar-refractivity contribution in [2.45, 2.75) is 12.0 Å². The van der Waals surface area contributed by atoms with Crippen molar-refractivity contribution in [3.05, 3.63) is 29.8 Å². The van der Waals surface area contributed by atoms with E-state index in [4.69, 9.17) is 9.47 Å². The Labute approximate surface area is 106 Å². The van der Waals surface area contributed by atoms with E-state index in [0.717, 1.165) is 0 Å². The van der Waals surface area contributed by atoms with Gasteiger partial charge in [0.25, 0.3) is 5.91 Å². The maximum absolute atomic E-state index is 11.9. The monoisotopic (exact) mass is 251 g/mol. The van der Waals surface area contributed by atoms with E-state index in [2.05, 4.69) is 5.32 Å². The van der Waals surface area contributed by atoms with Crippen molar-refractivity contribution < 1.29 is 19.4 Å². The van der Waals surface area contributed by atoms with Crippen LogP contribution in [0.3, 0.4) is 0 Å². The molecule has 98 valence electrons. The topological polar surface area (TPSA) is 67.8 Å². The standard InChI is InChI=1S/C13H17NO4/c1-17-11-4-2-3-10(7-11)12(15)14-8-13(16)5-6-18-9-13/h2-4,7,16H,5-6,8-9H2,1H3,(H,14,15). The van der Waals surface area contributed by atoms with Crippen molar-refractivity contribution in [3.8, 4) is 5.75 Å². The maximum atomic E-state index is 11.9. The molecule has 5 nitrogen and oxygen atoms in total. The Kier molecular flexibility index (Phi) is 3.84. The molecule has 1 unspecified atom stereocenters. The Bertz CT molecular complexity index is 427. The lowest BCUT2D eigenvalue weighted by Crippen LogP contribution is -2.43. The first-order chi connectivity index (χ1) is 8.63. The first-order valence-electron chi connectivity index (χ1n) is 5.85. The molecule has 0 aliphatic carbocycles. The summed E-state index contributed by atoms with van der Waals surface area (Å²) in [6.07, 6.45) is 0.547. The van der Waals surface area contributed by atoms with E-state index in [1.165, 1.54) is 0 Å². The van der Waals surface area contributed by atoms with Crippen LogP contribution in [0.1, 0.15) is 16.8 Å². The fourth-order valence-electron chi connectivity index (χ4n) is 1.85. The SMILES string of the molecule is COc1cccc(C(=O)NCC2(O)CCOC2)c1. The van der Waals surface area contributed by atoms with Gasteiger partial charge in [0.05, 0.1) is 13.7 Å². The second kappa shape index (κ2) is 5.37. The second-order valence-corrected chi connectivity index (χ2v) is 4.44. The molecule has 2 rings (SSSR count). The molecule has 0 aromatic heterocycles. The van der Waals surface area contributed by atoms with Crippen molar-refractivity contribution in [1.82, 2.24) is 5.32 Å². The van der Waals surface area contributed by atoms with Gasteiger partial charge in [0.15, 0.2) is 0 Å². The molecule has 0 radical (unpaired) electrons. The molecule has 1 atom stereocenters. The summed E-state index contributed by atoms with van der Waals surface area (Å²) in [5.74, 6) is 0.403. The summed E-state index contributed by atoms with van der Waals surface area (Å²) in [5, 5.41) is 12.7. The predicted molar refractivity (Wildman–Crippen MR) is 65.7 cm³/mol. The summed E-state index contributed by atoms with van der Waals surface area (Å²) >= 11 is 0. The third-order valence-electron chi connectivity index (χ3n) is 2.99. The molecule has 1 aliphatic rings. The summed E-state index contributed by atoms with van der Waals surface area (Å²) in [4.78, 5) is 11.9. The fourth-order valence-corrected chi connectivity index (χ4v) is 1.85. The Morgan fingerprint density at radius 2 is 2.44 bits per heavy atom. The van der Waals surface area contributed by atoms with Crippen LogP contribution in [-0.2, 0) is 4.74 Å². The van der Waals surface area contributed by atoms with Crippen LogP contribution in [0.4, 0.5) is 0 Å². The maximum Gasteiger partial charge on any atom is 0.251 e. The van der Waals surface area contributed by atoms with E-state index in [1.54, 1.807) is 31.4 Å². The van der Waals surface area contributed by atoms with Crippen molar-refractivity contribution >= 4 is 5.91 Å². The number of nitrogens with one attached hydrogen (secondary N) is 1. The average molecular weight is 251 g/mol. The van der Waals surface area contributed by atoms with E-state index in [-0.39, 0.29) is 19.1 Å². The van der Waals surface area contributed by atoms with Crippen LogP contribution >= 0.6 is 0 Å². The number of hydrogen-bond donors (Lipinski definition) is 2. The van der Waals surface area contributed by atoms with Gasteiger partial charge in [0, 0.05) is 25.1 Å². The number of aliphatic hydroxyl groups is 1. The van der Waals surface area contributed by atoms with Crippen molar-refractivity contribution in [2.75, 3.05) is 26.9 Å². The van der Waals surface area contributed by atoms with Gasteiger partial charge in [-0.1, -0.05) is 6.07 Å². The number of hydrogen-bond acceptors (Lipinski definition) is 4. The van der Waals surface area contributed by atoms with Crippen molar-refractivity contribution in [2.24, 2.45) is 0 Å². The highest BCUT2D eigenvalue weighted by Crippen LogP contribution is 2.17. The number of amides is 1. The van der Waals surface area contributed by atoms with Crippen molar-refractivity contribution in [3.63, 3.8) is 0 Å². The number of benzene rings is 1. The van der Waals surface area contributed by atoms with Crippen molar-refractivity contribution in [1.29, 1.82) is 0 Å². The number of ether oxygens (including phenoxy) is 2. The fraction of sp³-hybridized carbons (Fsp3) is 0.462. The third kappa shape index (κ3) is 3.00. The zero-order valence-corrected chi connectivity index (χ0v) is 10.3. The highest BCUT2D eigenvalue weighted by molar-refractivity contribution is 5.94. The van der Waals surface area contributed by atoms with Crippen LogP contribution in [0.2, 0.25) is 0 Å². The minimum absolute atomic E-state index is 0.197. The summed E-state index contributed by atoms with van der Waals surface area (Å²) in [6, 6.07) is 6.88. The lowest BCUT2D eigenvalue weighted by Gasteiger charge is -2.20. The molecule has 0 spiro atoms. The minimum Gasteiger partial charge on any atom is -0.497 e. The molecule has 0 bridgehead atoms. The highest BCUT2D eigenvalue weighted by atomic mass is 16.5. The van der Waals surface area contributed by atoms with Crippen LogP contribution in [0.5, 0.6) is 5.75 Å². The molecule has 1 fully saturated rings. The van der Waals surface area contributed by atoms with E-state index in [0.29, 0.717) is 24.3 Å². The van der Waals surface area contributed by atoms with Gasteiger partial charge in [-0.3, -0.25) is 4.79 Å².